The van der Waals surface area contributed by atoms with E-state index in [0.29, 0.717) is 35.8 Å². The van der Waals surface area contributed by atoms with Gasteiger partial charge in [-0.3, -0.25) is 9.52 Å². The van der Waals surface area contributed by atoms with E-state index in [1.54, 1.807) is 35.2 Å². The molecule has 1 aliphatic rings. The van der Waals surface area contributed by atoms with E-state index < -0.39 is 10.0 Å². The summed E-state index contributed by atoms with van der Waals surface area (Å²) >= 11 is 0. The summed E-state index contributed by atoms with van der Waals surface area (Å²) in [5.41, 5.74) is 0.684. The first-order valence-electron chi connectivity index (χ1n) is 10.3. The number of carbonyl (C=O) groups excluding carboxylic acids is 1. The zero-order valence-corrected chi connectivity index (χ0v) is 18.5. The third-order valence-electron chi connectivity index (χ3n) is 5.18. The SMILES string of the molecule is COc1ccc(C(=O)N2CCCC2)cc1S(=O)(=O)Nc1ccc(Oc2ccccc2)cc1. The number of sulfonamides is 1. The molecule has 0 unspecified atom stereocenters. The average molecular weight is 453 g/mol. The Bertz CT molecular complexity index is 1190. The molecule has 0 saturated carbocycles. The molecule has 166 valence electrons. The van der Waals surface area contributed by atoms with Crippen LogP contribution in [0.4, 0.5) is 5.69 Å². The van der Waals surface area contributed by atoms with Crippen molar-refractivity contribution in [1.82, 2.24) is 4.90 Å². The van der Waals surface area contributed by atoms with Crippen molar-refractivity contribution in [2.45, 2.75) is 17.7 Å². The van der Waals surface area contributed by atoms with E-state index in [1.165, 1.54) is 19.2 Å². The summed E-state index contributed by atoms with van der Waals surface area (Å²) < 4.78 is 39.7. The highest BCUT2D eigenvalue weighted by Gasteiger charge is 2.25. The van der Waals surface area contributed by atoms with Crippen molar-refractivity contribution in [2.75, 3.05) is 24.9 Å². The Morgan fingerprint density at radius 3 is 2.22 bits per heavy atom. The van der Waals surface area contributed by atoms with Gasteiger partial charge in [-0.25, -0.2) is 8.42 Å². The predicted octanol–water partition coefficient (Wildman–Crippen LogP) is 4.52. The number of amides is 1. The van der Waals surface area contributed by atoms with E-state index in [1.807, 2.05) is 30.3 Å². The first-order valence-corrected chi connectivity index (χ1v) is 11.8. The molecule has 7 nitrogen and oxygen atoms in total. The lowest BCUT2D eigenvalue weighted by molar-refractivity contribution is 0.0792. The lowest BCUT2D eigenvalue weighted by Gasteiger charge is -2.17. The number of carbonyl (C=O) groups is 1. The van der Waals surface area contributed by atoms with Crippen LogP contribution in [0.15, 0.2) is 77.7 Å². The van der Waals surface area contributed by atoms with Crippen molar-refractivity contribution in [2.24, 2.45) is 0 Å². The van der Waals surface area contributed by atoms with Crippen LogP contribution < -0.4 is 14.2 Å². The fourth-order valence-electron chi connectivity index (χ4n) is 3.55. The number of anilines is 1. The number of likely N-dealkylation sites (tertiary alicyclic amines) is 1. The molecule has 1 fully saturated rings. The number of hydrogen-bond acceptors (Lipinski definition) is 5. The Hall–Kier alpha value is -3.52. The summed E-state index contributed by atoms with van der Waals surface area (Å²) in [6, 6.07) is 20.3. The second-order valence-electron chi connectivity index (χ2n) is 7.41. The number of nitrogens with one attached hydrogen (secondary N) is 1. The van der Waals surface area contributed by atoms with Crippen LogP contribution in [0.1, 0.15) is 23.2 Å². The normalized spacial score (nSPS) is 13.6. The van der Waals surface area contributed by atoms with E-state index in [-0.39, 0.29) is 16.6 Å². The number of para-hydroxylation sites is 1. The molecule has 0 atom stereocenters. The van der Waals surface area contributed by atoms with Gasteiger partial charge in [0.15, 0.2) is 0 Å². The molecule has 8 heteroatoms. The lowest BCUT2D eigenvalue weighted by atomic mass is 10.2. The third-order valence-corrected chi connectivity index (χ3v) is 6.58. The van der Waals surface area contributed by atoms with Crippen LogP contribution in [-0.4, -0.2) is 39.4 Å². The van der Waals surface area contributed by atoms with E-state index in [0.717, 1.165) is 12.8 Å². The molecule has 32 heavy (non-hydrogen) atoms. The minimum atomic E-state index is -3.99. The number of ether oxygens (including phenoxy) is 2. The summed E-state index contributed by atoms with van der Waals surface area (Å²) in [6.07, 6.45) is 1.91. The lowest BCUT2D eigenvalue weighted by Crippen LogP contribution is -2.28. The van der Waals surface area contributed by atoms with Gasteiger partial charge in [0.25, 0.3) is 15.9 Å². The number of benzene rings is 3. The Kier molecular flexibility index (Phi) is 6.32. The molecule has 3 aromatic rings. The molecule has 4 rings (SSSR count). The molecule has 1 saturated heterocycles. The molecule has 0 bridgehead atoms. The Morgan fingerprint density at radius 2 is 1.56 bits per heavy atom. The van der Waals surface area contributed by atoms with Gasteiger partial charge in [-0.2, -0.15) is 0 Å². The fraction of sp³-hybridized carbons (Fsp3) is 0.208. The van der Waals surface area contributed by atoms with Crippen molar-refractivity contribution in [1.29, 1.82) is 0 Å². The zero-order chi connectivity index (χ0) is 22.6. The van der Waals surface area contributed by atoms with Crippen molar-refractivity contribution < 1.29 is 22.7 Å². The quantitative estimate of drug-likeness (QED) is 0.570. The summed E-state index contributed by atoms with van der Waals surface area (Å²) in [7, 11) is -2.60. The van der Waals surface area contributed by atoms with Crippen molar-refractivity contribution in [3.63, 3.8) is 0 Å². The molecular formula is C24H24N2O5S. The maximum Gasteiger partial charge on any atom is 0.265 e. The highest BCUT2D eigenvalue weighted by atomic mass is 32.2. The van der Waals surface area contributed by atoms with Gasteiger partial charge >= 0.3 is 0 Å². The van der Waals surface area contributed by atoms with Gasteiger partial charge in [0.1, 0.15) is 22.1 Å². The van der Waals surface area contributed by atoms with Crippen LogP contribution in [0.2, 0.25) is 0 Å². The van der Waals surface area contributed by atoms with E-state index in [2.05, 4.69) is 4.72 Å². The standard InChI is InChI=1S/C24H24N2O5S/c1-30-22-14-9-18(24(27)26-15-5-6-16-26)17-23(22)32(28,29)25-19-10-12-21(13-11-19)31-20-7-3-2-4-8-20/h2-4,7-14,17,25H,5-6,15-16H2,1H3. The van der Waals surface area contributed by atoms with Crippen LogP contribution in [0.25, 0.3) is 0 Å². The molecule has 0 aliphatic carbocycles. The molecule has 3 aromatic carbocycles. The molecular weight excluding hydrogens is 428 g/mol. The molecule has 0 spiro atoms. The third kappa shape index (κ3) is 4.86. The average Bonchev–Trinajstić information content (AvgIpc) is 3.35. The molecule has 1 amide bonds. The van der Waals surface area contributed by atoms with Crippen LogP contribution >= 0.6 is 0 Å². The van der Waals surface area contributed by atoms with E-state index in [9.17, 15) is 13.2 Å². The predicted molar refractivity (Wildman–Crippen MR) is 122 cm³/mol. The van der Waals surface area contributed by atoms with Crippen LogP contribution in [0.3, 0.4) is 0 Å². The van der Waals surface area contributed by atoms with Gasteiger partial charge in [-0.1, -0.05) is 18.2 Å². The maximum absolute atomic E-state index is 13.1. The Labute approximate surface area is 187 Å². The minimum absolute atomic E-state index is 0.0883. The second-order valence-corrected chi connectivity index (χ2v) is 9.06. The van der Waals surface area contributed by atoms with Crippen LogP contribution in [0.5, 0.6) is 17.2 Å². The van der Waals surface area contributed by atoms with Crippen molar-refractivity contribution in [3.05, 3.63) is 78.4 Å². The maximum atomic E-state index is 13.1. The largest absolute Gasteiger partial charge is 0.495 e. The van der Waals surface area contributed by atoms with Gasteiger partial charge in [0.2, 0.25) is 0 Å². The first kappa shape index (κ1) is 21.7. The van der Waals surface area contributed by atoms with Gasteiger partial charge in [0, 0.05) is 24.3 Å². The summed E-state index contributed by atoms with van der Waals surface area (Å²) in [4.78, 5) is 14.4. The minimum Gasteiger partial charge on any atom is -0.495 e. The van der Waals surface area contributed by atoms with Gasteiger partial charge in [-0.15, -0.1) is 0 Å². The fourth-order valence-corrected chi connectivity index (χ4v) is 4.80. The van der Waals surface area contributed by atoms with Gasteiger partial charge < -0.3 is 14.4 Å². The number of nitrogens with zero attached hydrogens (tertiary/aromatic N) is 1. The summed E-state index contributed by atoms with van der Waals surface area (Å²) in [6.45, 7) is 1.37. The summed E-state index contributed by atoms with van der Waals surface area (Å²) in [5.74, 6) is 1.25. The number of hydrogen-bond donors (Lipinski definition) is 1. The van der Waals surface area contributed by atoms with Gasteiger partial charge in [-0.05, 0) is 67.4 Å². The van der Waals surface area contributed by atoms with Crippen molar-refractivity contribution in [3.8, 4) is 17.2 Å². The smallest absolute Gasteiger partial charge is 0.265 e. The van der Waals surface area contributed by atoms with E-state index >= 15 is 0 Å². The first-order chi connectivity index (χ1) is 15.5. The molecule has 1 N–H and O–H groups in total. The highest BCUT2D eigenvalue weighted by molar-refractivity contribution is 7.92. The zero-order valence-electron chi connectivity index (χ0n) is 17.7. The molecule has 1 heterocycles. The molecule has 0 aromatic heterocycles. The Morgan fingerprint density at radius 1 is 0.906 bits per heavy atom. The van der Waals surface area contributed by atoms with Crippen LogP contribution in [0, 0.1) is 0 Å². The monoisotopic (exact) mass is 452 g/mol. The van der Waals surface area contributed by atoms with Crippen LogP contribution in [-0.2, 0) is 10.0 Å². The molecule has 0 radical (unpaired) electrons. The number of methoxy groups -OCH3 is 1. The van der Waals surface area contributed by atoms with Gasteiger partial charge in [0.05, 0.1) is 7.11 Å². The topological polar surface area (TPSA) is 84.9 Å². The molecule has 1 aliphatic heterocycles. The Balaban J connectivity index is 1.54. The van der Waals surface area contributed by atoms with E-state index in [4.69, 9.17) is 9.47 Å². The van der Waals surface area contributed by atoms with Crippen molar-refractivity contribution >= 4 is 21.6 Å². The highest BCUT2D eigenvalue weighted by Crippen LogP contribution is 2.29. The second kappa shape index (κ2) is 9.32. The summed E-state index contributed by atoms with van der Waals surface area (Å²) in [5, 5.41) is 0. The number of rotatable bonds is 7.